The summed E-state index contributed by atoms with van der Waals surface area (Å²) in [5.41, 5.74) is 0.988. The Morgan fingerprint density at radius 3 is 2.85 bits per heavy atom. The van der Waals surface area contributed by atoms with Crippen LogP contribution in [0, 0.1) is 5.82 Å². The number of H-pyrrole nitrogens is 1. The van der Waals surface area contributed by atoms with E-state index in [0.717, 1.165) is 17.7 Å². The van der Waals surface area contributed by atoms with Gasteiger partial charge in [0.15, 0.2) is 0 Å². The number of hydrogen-bond donors (Lipinski definition) is 2. The summed E-state index contributed by atoms with van der Waals surface area (Å²) in [5, 5.41) is 2.71. The molecule has 2 N–H and O–H groups in total. The monoisotopic (exact) mass is 383 g/mol. The highest BCUT2D eigenvalue weighted by atomic mass is 32.1. The van der Waals surface area contributed by atoms with Crippen LogP contribution in [0.5, 0.6) is 0 Å². The Balaban J connectivity index is 1.49. The van der Waals surface area contributed by atoms with Crippen LogP contribution in [0.25, 0.3) is 0 Å². The van der Waals surface area contributed by atoms with Crippen molar-refractivity contribution in [1.82, 2.24) is 9.88 Å². The molecule has 1 aliphatic heterocycles. The second-order valence-corrected chi connectivity index (χ2v) is 7.52. The van der Waals surface area contributed by atoms with E-state index in [1.165, 1.54) is 23.5 Å². The number of aromatic nitrogens is 1. The molecule has 0 unspecified atom stereocenters. The number of likely N-dealkylation sites (tertiary alicyclic amines) is 1. The first-order valence-corrected chi connectivity index (χ1v) is 9.54. The Kier molecular flexibility index (Phi) is 4.77. The van der Waals surface area contributed by atoms with Crippen molar-refractivity contribution >= 4 is 28.8 Å². The Hall–Kier alpha value is -2.93. The lowest BCUT2D eigenvalue weighted by Gasteiger charge is -2.23. The molecule has 138 valence electrons. The van der Waals surface area contributed by atoms with Crippen LogP contribution >= 0.6 is 11.3 Å². The third kappa shape index (κ3) is 3.64. The van der Waals surface area contributed by atoms with Crippen molar-refractivity contribution in [3.63, 3.8) is 0 Å². The molecule has 0 radical (unpaired) electrons. The van der Waals surface area contributed by atoms with E-state index < -0.39 is 5.82 Å². The molecule has 2 aromatic heterocycles. The Morgan fingerprint density at radius 1 is 1.19 bits per heavy atom. The topological polar surface area (TPSA) is 65.2 Å². The van der Waals surface area contributed by atoms with Crippen LogP contribution in [-0.2, 0) is 0 Å². The molecule has 0 saturated carbocycles. The van der Waals surface area contributed by atoms with Gasteiger partial charge in [0, 0.05) is 23.3 Å². The fourth-order valence-corrected chi connectivity index (χ4v) is 4.39. The second kappa shape index (κ2) is 7.36. The van der Waals surface area contributed by atoms with E-state index in [9.17, 15) is 14.0 Å². The van der Waals surface area contributed by atoms with Gasteiger partial charge in [-0.05, 0) is 55.3 Å². The van der Waals surface area contributed by atoms with Gasteiger partial charge >= 0.3 is 0 Å². The van der Waals surface area contributed by atoms with Crippen molar-refractivity contribution in [2.24, 2.45) is 0 Å². The van der Waals surface area contributed by atoms with Gasteiger partial charge in [0.05, 0.1) is 10.9 Å². The van der Waals surface area contributed by atoms with Gasteiger partial charge in [-0.15, -0.1) is 11.3 Å². The first-order valence-electron chi connectivity index (χ1n) is 8.73. The molecular formula is C20H18FN3O2S. The van der Waals surface area contributed by atoms with E-state index in [1.807, 2.05) is 11.0 Å². The van der Waals surface area contributed by atoms with E-state index in [-0.39, 0.29) is 17.9 Å². The predicted molar refractivity (Wildman–Crippen MR) is 102 cm³/mol. The van der Waals surface area contributed by atoms with Crippen LogP contribution in [0.2, 0.25) is 0 Å². The van der Waals surface area contributed by atoms with E-state index in [4.69, 9.17) is 0 Å². The molecular weight excluding hydrogens is 365 g/mol. The average Bonchev–Trinajstić information content (AvgIpc) is 3.41. The van der Waals surface area contributed by atoms with Crippen molar-refractivity contribution in [2.75, 3.05) is 11.9 Å². The van der Waals surface area contributed by atoms with Crippen molar-refractivity contribution in [2.45, 2.75) is 18.9 Å². The number of nitrogens with zero attached hydrogens (tertiary/aromatic N) is 1. The fourth-order valence-electron chi connectivity index (χ4n) is 3.34. The summed E-state index contributed by atoms with van der Waals surface area (Å²) in [6.45, 7) is 0.700. The van der Waals surface area contributed by atoms with Gasteiger partial charge in [-0.1, -0.05) is 6.07 Å². The first kappa shape index (κ1) is 17.5. The molecule has 1 saturated heterocycles. The maximum absolute atomic E-state index is 13.3. The van der Waals surface area contributed by atoms with Crippen LogP contribution in [0.1, 0.15) is 43.9 Å². The number of hydrogen-bond acceptors (Lipinski definition) is 3. The standard InChI is InChI=1S/C20H18FN3O2S/c21-13-4-1-5-14(12-13)23-19(25)18-9-8-17(27-18)16-7-3-11-24(16)20(26)15-6-2-10-22-15/h1-2,4-6,8-10,12,16,22H,3,7,11H2,(H,23,25)/t16-/m1/s1. The molecule has 3 aromatic rings. The molecule has 7 heteroatoms. The van der Waals surface area contributed by atoms with Crippen LogP contribution < -0.4 is 5.32 Å². The van der Waals surface area contributed by atoms with Gasteiger partial charge in [0.1, 0.15) is 11.5 Å². The molecule has 1 aliphatic rings. The van der Waals surface area contributed by atoms with Gasteiger partial charge < -0.3 is 15.2 Å². The zero-order chi connectivity index (χ0) is 18.8. The molecule has 3 heterocycles. The number of carbonyl (C=O) groups is 2. The lowest BCUT2D eigenvalue weighted by atomic mass is 10.2. The summed E-state index contributed by atoms with van der Waals surface area (Å²) in [6, 6.07) is 13.0. The average molecular weight is 383 g/mol. The molecule has 0 aliphatic carbocycles. The highest BCUT2D eigenvalue weighted by molar-refractivity contribution is 7.14. The van der Waals surface area contributed by atoms with E-state index >= 15 is 0 Å². The SMILES string of the molecule is O=C(Nc1cccc(F)c1)c1ccc([C@H]2CCCN2C(=O)c2ccc[nH]2)s1. The molecule has 5 nitrogen and oxygen atoms in total. The number of rotatable bonds is 4. The summed E-state index contributed by atoms with van der Waals surface area (Å²) in [7, 11) is 0. The van der Waals surface area contributed by atoms with Gasteiger partial charge in [-0.3, -0.25) is 9.59 Å². The summed E-state index contributed by atoms with van der Waals surface area (Å²) in [5.74, 6) is -0.706. The van der Waals surface area contributed by atoms with Gasteiger partial charge in [0.2, 0.25) is 0 Å². The van der Waals surface area contributed by atoms with E-state index in [1.54, 1.807) is 36.5 Å². The molecule has 0 bridgehead atoms. The smallest absolute Gasteiger partial charge is 0.270 e. The van der Waals surface area contributed by atoms with Crippen LogP contribution in [0.4, 0.5) is 10.1 Å². The fraction of sp³-hybridized carbons (Fsp3) is 0.200. The van der Waals surface area contributed by atoms with Crippen LogP contribution in [0.15, 0.2) is 54.7 Å². The number of carbonyl (C=O) groups excluding carboxylic acids is 2. The van der Waals surface area contributed by atoms with Crippen molar-refractivity contribution in [3.8, 4) is 0 Å². The van der Waals surface area contributed by atoms with E-state index in [2.05, 4.69) is 10.3 Å². The highest BCUT2D eigenvalue weighted by Crippen LogP contribution is 2.36. The Morgan fingerprint density at radius 2 is 2.07 bits per heavy atom. The Bertz CT molecular complexity index is 967. The molecule has 1 aromatic carbocycles. The molecule has 1 atom stereocenters. The summed E-state index contributed by atoms with van der Waals surface area (Å²) < 4.78 is 13.3. The van der Waals surface area contributed by atoms with Gasteiger partial charge in [-0.2, -0.15) is 0 Å². The molecule has 27 heavy (non-hydrogen) atoms. The number of halogens is 1. The zero-order valence-electron chi connectivity index (χ0n) is 14.4. The zero-order valence-corrected chi connectivity index (χ0v) is 15.3. The summed E-state index contributed by atoms with van der Waals surface area (Å²) in [6.07, 6.45) is 3.54. The molecule has 1 fully saturated rings. The maximum atomic E-state index is 13.3. The lowest BCUT2D eigenvalue weighted by molar-refractivity contribution is 0.0732. The normalized spacial score (nSPS) is 16.5. The first-order chi connectivity index (χ1) is 13.1. The highest BCUT2D eigenvalue weighted by Gasteiger charge is 2.32. The number of nitrogens with one attached hydrogen (secondary N) is 2. The minimum Gasteiger partial charge on any atom is -0.357 e. The lowest BCUT2D eigenvalue weighted by Crippen LogP contribution is -2.30. The quantitative estimate of drug-likeness (QED) is 0.699. The number of benzene rings is 1. The summed E-state index contributed by atoms with van der Waals surface area (Å²) >= 11 is 1.37. The van der Waals surface area contributed by atoms with Crippen LogP contribution in [-0.4, -0.2) is 28.2 Å². The number of aromatic amines is 1. The van der Waals surface area contributed by atoms with Crippen molar-refractivity contribution in [1.29, 1.82) is 0 Å². The van der Waals surface area contributed by atoms with E-state index in [0.29, 0.717) is 22.8 Å². The maximum Gasteiger partial charge on any atom is 0.270 e. The second-order valence-electron chi connectivity index (χ2n) is 6.41. The summed E-state index contributed by atoms with van der Waals surface area (Å²) in [4.78, 5) is 31.5. The number of thiophene rings is 1. The molecule has 2 amide bonds. The van der Waals surface area contributed by atoms with Gasteiger partial charge in [0.25, 0.3) is 11.8 Å². The van der Waals surface area contributed by atoms with Crippen LogP contribution in [0.3, 0.4) is 0 Å². The van der Waals surface area contributed by atoms with Crippen molar-refractivity contribution in [3.05, 3.63) is 76.0 Å². The Labute approximate surface area is 159 Å². The van der Waals surface area contributed by atoms with Gasteiger partial charge in [-0.25, -0.2) is 4.39 Å². The predicted octanol–water partition coefficient (Wildman–Crippen LogP) is 4.44. The minimum absolute atomic E-state index is 0.0262. The molecule has 4 rings (SSSR count). The minimum atomic E-state index is -0.399. The third-order valence-corrected chi connectivity index (χ3v) is 5.79. The third-order valence-electron chi connectivity index (χ3n) is 4.60. The van der Waals surface area contributed by atoms with Crippen molar-refractivity contribution < 1.29 is 14.0 Å². The molecule has 0 spiro atoms. The number of amides is 2. The largest absolute Gasteiger partial charge is 0.357 e. The number of anilines is 1.